The standard InChI is InChI=1S/C12H14Br2/c1-3-12(2,9-13)8-10-4-6-11(14)7-5-10/h3-7H,1,8-9H2,2H3. The zero-order valence-corrected chi connectivity index (χ0v) is 11.4. The van der Waals surface area contributed by atoms with Gasteiger partial charge in [0.1, 0.15) is 0 Å². The summed E-state index contributed by atoms with van der Waals surface area (Å²) in [5.74, 6) is 0. The van der Waals surface area contributed by atoms with Crippen LogP contribution < -0.4 is 0 Å². The summed E-state index contributed by atoms with van der Waals surface area (Å²) in [4.78, 5) is 0. The first kappa shape index (κ1) is 12.0. The Hall–Kier alpha value is -0.0800. The van der Waals surface area contributed by atoms with Crippen LogP contribution in [0.5, 0.6) is 0 Å². The molecular formula is C12H14Br2. The maximum atomic E-state index is 3.88. The number of halogens is 2. The van der Waals surface area contributed by atoms with E-state index in [1.54, 1.807) is 0 Å². The van der Waals surface area contributed by atoms with Crippen LogP contribution in [0, 0.1) is 5.41 Å². The van der Waals surface area contributed by atoms with E-state index in [-0.39, 0.29) is 5.41 Å². The second-order valence-corrected chi connectivity index (χ2v) is 5.27. The molecular weight excluding hydrogens is 304 g/mol. The van der Waals surface area contributed by atoms with Crippen molar-refractivity contribution in [1.29, 1.82) is 0 Å². The number of hydrogen-bond acceptors (Lipinski definition) is 0. The molecule has 0 saturated carbocycles. The minimum absolute atomic E-state index is 0.147. The summed E-state index contributed by atoms with van der Waals surface area (Å²) in [6.45, 7) is 6.08. The predicted octanol–water partition coefficient (Wildman–Crippen LogP) is 4.58. The molecule has 0 amide bonds. The van der Waals surface area contributed by atoms with Crippen molar-refractivity contribution in [3.8, 4) is 0 Å². The first-order valence-electron chi connectivity index (χ1n) is 4.54. The summed E-state index contributed by atoms with van der Waals surface area (Å²) in [6.07, 6.45) is 3.04. The van der Waals surface area contributed by atoms with Crippen molar-refractivity contribution >= 4 is 31.9 Å². The molecule has 0 nitrogen and oxygen atoms in total. The molecule has 1 aromatic rings. The Morgan fingerprint density at radius 2 is 1.93 bits per heavy atom. The van der Waals surface area contributed by atoms with Crippen molar-refractivity contribution in [3.63, 3.8) is 0 Å². The Labute approximate surface area is 103 Å². The molecule has 0 N–H and O–H groups in total. The second-order valence-electron chi connectivity index (χ2n) is 3.80. The number of hydrogen-bond donors (Lipinski definition) is 0. The Bertz CT molecular complexity index is 303. The molecule has 0 fully saturated rings. The highest BCUT2D eigenvalue weighted by molar-refractivity contribution is 9.10. The third-order valence-electron chi connectivity index (χ3n) is 2.32. The smallest absolute Gasteiger partial charge is 0.0175 e. The van der Waals surface area contributed by atoms with Gasteiger partial charge in [0.25, 0.3) is 0 Å². The van der Waals surface area contributed by atoms with Gasteiger partial charge in [0.05, 0.1) is 0 Å². The third-order valence-corrected chi connectivity index (χ3v) is 4.13. The maximum absolute atomic E-state index is 3.88. The average Bonchev–Trinajstić information content (AvgIpc) is 2.21. The molecule has 0 saturated heterocycles. The predicted molar refractivity (Wildman–Crippen MR) is 69.9 cm³/mol. The Morgan fingerprint density at radius 3 is 2.36 bits per heavy atom. The Kier molecular flexibility index (Phi) is 4.39. The first-order valence-corrected chi connectivity index (χ1v) is 6.45. The molecule has 76 valence electrons. The van der Waals surface area contributed by atoms with Crippen molar-refractivity contribution < 1.29 is 0 Å². The van der Waals surface area contributed by atoms with E-state index < -0.39 is 0 Å². The molecule has 14 heavy (non-hydrogen) atoms. The van der Waals surface area contributed by atoms with Crippen molar-refractivity contribution in [2.45, 2.75) is 13.3 Å². The number of rotatable bonds is 4. The van der Waals surface area contributed by atoms with Crippen molar-refractivity contribution in [3.05, 3.63) is 47.0 Å². The first-order chi connectivity index (χ1) is 6.59. The van der Waals surface area contributed by atoms with Crippen LogP contribution in [-0.4, -0.2) is 5.33 Å². The fourth-order valence-electron chi connectivity index (χ4n) is 1.24. The van der Waals surface area contributed by atoms with Gasteiger partial charge in [0.15, 0.2) is 0 Å². The van der Waals surface area contributed by atoms with E-state index in [1.165, 1.54) is 5.56 Å². The van der Waals surface area contributed by atoms with Gasteiger partial charge >= 0.3 is 0 Å². The molecule has 1 rings (SSSR count). The summed E-state index contributed by atoms with van der Waals surface area (Å²) >= 11 is 6.95. The van der Waals surface area contributed by atoms with E-state index >= 15 is 0 Å². The minimum Gasteiger partial charge on any atom is -0.102 e. The molecule has 0 aliphatic rings. The van der Waals surface area contributed by atoms with E-state index in [2.05, 4.69) is 69.6 Å². The van der Waals surface area contributed by atoms with Crippen molar-refractivity contribution in [1.82, 2.24) is 0 Å². The van der Waals surface area contributed by atoms with Crippen LogP contribution in [0.25, 0.3) is 0 Å². The van der Waals surface area contributed by atoms with Gasteiger partial charge < -0.3 is 0 Å². The molecule has 2 heteroatoms. The summed E-state index contributed by atoms with van der Waals surface area (Å²) in [6, 6.07) is 8.45. The zero-order valence-electron chi connectivity index (χ0n) is 8.26. The molecule has 0 radical (unpaired) electrons. The molecule has 1 aromatic carbocycles. The van der Waals surface area contributed by atoms with Gasteiger partial charge in [-0.2, -0.15) is 0 Å². The molecule has 0 aliphatic heterocycles. The van der Waals surface area contributed by atoms with Crippen molar-refractivity contribution in [2.24, 2.45) is 5.41 Å². The van der Waals surface area contributed by atoms with Crippen LogP contribution >= 0.6 is 31.9 Å². The van der Waals surface area contributed by atoms with Gasteiger partial charge in [-0.3, -0.25) is 0 Å². The van der Waals surface area contributed by atoms with Crippen molar-refractivity contribution in [2.75, 3.05) is 5.33 Å². The summed E-state index contributed by atoms with van der Waals surface area (Å²) < 4.78 is 1.13. The third kappa shape index (κ3) is 3.25. The lowest BCUT2D eigenvalue weighted by molar-refractivity contribution is 0.493. The van der Waals surface area contributed by atoms with Crippen LogP contribution in [0.2, 0.25) is 0 Å². The van der Waals surface area contributed by atoms with E-state index in [1.807, 2.05) is 6.08 Å². The highest BCUT2D eigenvalue weighted by atomic mass is 79.9. The molecule has 0 aliphatic carbocycles. The minimum atomic E-state index is 0.147. The topological polar surface area (TPSA) is 0 Å². The largest absolute Gasteiger partial charge is 0.102 e. The molecule has 1 atom stereocenters. The fraction of sp³-hybridized carbons (Fsp3) is 0.333. The molecule has 0 aromatic heterocycles. The van der Waals surface area contributed by atoms with E-state index in [9.17, 15) is 0 Å². The average molecular weight is 318 g/mol. The lowest BCUT2D eigenvalue weighted by atomic mass is 9.86. The van der Waals surface area contributed by atoms with Gasteiger partial charge in [0, 0.05) is 9.80 Å². The molecule has 0 heterocycles. The van der Waals surface area contributed by atoms with Gasteiger partial charge in [-0.05, 0) is 29.5 Å². The number of benzene rings is 1. The van der Waals surface area contributed by atoms with E-state index in [0.717, 1.165) is 16.2 Å². The molecule has 0 bridgehead atoms. The number of alkyl halides is 1. The fourth-order valence-corrected chi connectivity index (χ4v) is 1.93. The summed E-state index contributed by atoms with van der Waals surface area (Å²) in [7, 11) is 0. The second kappa shape index (κ2) is 5.13. The normalized spacial score (nSPS) is 14.8. The molecule has 0 spiro atoms. The van der Waals surface area contributed by atoms with E-state index in [0.29, 0.717) is 0 Å². The monoisotopic (exact) mass is 316 g/mol. The summed E-state index contributed by atoms with van der Waals surface area (Å²) in [5, 5.41) is 0.944. The van der Waals surface area contributed by atoms with Gasteiger partial charge in [0.2, 0.25) is 0 Å². The lowest BCUT2D eigenvalue weighted by Crippen LogP contribution is -2.17. The van der Waals surface area contributed by atoms with Crippen LogP contribution in [0.1, 0.15) is 12.5 Å². The van der Waals surface area contributed by atoms with Crippen LogP contribution in [-0.2, 0) is 6.42 Å². The SMILES string of the molecule is C=CC(C)(CBr)Cc1ccc(Br)cc1. The van der Waals surface area contributed by atoms with Crippen LogP contribution in [0.3, 0.4) is 0 Å². The highest BCUT2D eigenvalue weighted by Crippen LogP contribution is 2.26. The van der Waals surface area contributed by atoms with Gasteiger partial charge in [-0.1, -0.05) is 57.0 Å². The van der Waals surface area contributed by atoms with Crippen LogP contribution in [0.4, 0.5) is 0 Å². The Balaban J connectivity index is 2.77. The highest BCUT2D eigenvalue weighted by Gasteiger charge is 2.18. The maximum Gasteiger partial charge on any atom is 0.0175 e. The quantitative estimate of drug-likeness (QED) is 0.563. The lowest BCUT2D eigenvalue weighted by Gasteiger charge is -2.22. The van der Waals surface area contributed by atoms with Gasteiger partial charge in [-0.25, -0.2) is 0 Å². The van der Waals surface area contributed by atoms with Crippen LogP contribution in [0.15, 0.2) is 41.4 Å². The number of allylic oxidation sites excluding steroid dienone is 1. The Morgan fingerprint density at radius 1 is 1.36 bits per heavy atom. The zero-order chi connectivity index (χ0) is 10.6. The van der Waals surface area contributed by atoms with E-state index in [4.69, 9.17) is 0 Å². The summed E-state index contributed by atoms with van der Waals surface area (Å²) in [5.41, 5.74) is 1.49. The molecule has 1 unspecified atom stereocenters. The van der Waals surface area contributed by atoms with Gasteiger partial charge in [-0.15, -0.1) is 6.58 Å².